The Morgan fingerprint density at radius 3 is 2.48 bits per heavy atom. The Morgan fingerprint density at radius 1 is 1.24 bits per heavy atom. The van der Waals surface area contributed by atoms with Crippen LogP contribution in [-0.2, 0) is 4.79 Å². The van der Waals surface area contributed by atoms with Crippen molar-refractivity contribution in [1.29, 1.82) is 0 Å². The van der Waals surface area contributed by atoms with Crippen molar-refractivity contribution in [1.82, 2.24) is 5.32 Å². The van der Waals surface area contributed by atoms with Crippen LogP contribution in [0.4, 0.5) is 4.39 Å². The molecule has 1 aromatic rings. The lowest BCUT2D eigenvalue weighted by Crippen LogP contribution is -2.32. The Bertz CT molecular complexity index is 516. The van der Waals surface area contributed by atoms with E-state index in [1.807, 2.05) is 0 Å². The normalized spacial score (nSPS) is 21.8. The van der Waals surface area contributed by atoms with Gasteiger partial charge in [-0.3, -0.25) is 9.59 Å². The van der Waals surface area contributed by atoms with Gasteiger partial charge in [0.05, 0.1) is 5.92 Å². The molecule has 0 bridgehead atoms. The van der Waals surface area contributed by atoms with Gasteiger partial charge in [-0.05, 0) is 62.3 Å². The van der Waals surface area contributed by atoms with Gasteiger partial charge in [-0.15, -0.1) is 0 Å². The number of hydrogen-bond acceptors (Lipinski definition) is 2. The lowest BCUT2D eigenvalue weighted by molar-refractivity contribution is -0.143. The van der Waals surface area contributed by atoms with Gasteiger partial charge in [0.1, 0.15) is 5.82 Å². The van der Waals surface area contributed by atoms with Gasteiger partial charge < -0.3 is 10.4 Å². The molecule has 0 heterocycles. The number of nitrogens with one attached hydrogen (secondary N) is 1. The second kappa shape index (κ2) is 6.70. The van der Waals surface area contributed by atoms with Crippen molar-refractivity contribution in [3.63, 3.8) is 0 Å². The average Bonchev–Trinajstić information content (AvgIpc) is 2.44. The first-order valence-corrected chi connectivity index (χ1v) is 7.24. The minimum Gasteiger partial charge on any atom is -0.481 e. The smallest absolute Gasteiger partial charge is 0.306 e. The van der Waals surface area contributed by atoms with Crippen LogP contribution in [0.1, 0.15) is 41.6 Å². The molecule has 1 amide bonds. The van der Waals surface area contributed by atoms with Crippen LogP contribution in [0.2, 0.25) is 0 Å². The van der Waals surface area contributed by atoms with E-state index in [0.717, 1.165) is 12.8 Å². The van der Waals surface area contributed by atoms with Crippen LogP contribution in [0.25, 0.3) is 0 Å². The van der Waals surface area contributed by atoms with Gasteiger partial charge in [-0.2, -0.15) is 0 Å². The Kier molecular flexibility index (Phi) is 4.94. The Morgan fingerprint density at radius 2 is 1.90 bits per heavy atom. The summed E-state index contributed by atoms with van der Waals surface area (Å²) in [6.07, 6.45) is 2.93. The summed E-state index contributed by atoms with van der Waals surface area (Å²) in [7, 11) is 0. The number of carbonyl (C=O) groups is 2. The highest BCUT2D eigenvalue weighted by atomic mass is 19.1. The highest BCUT2D eigenvalue weighted by molar-refractivity contribution is 5.94. The van der Waals surface area contributed by atoms with Crippen molar-refractivity contribution in [2.24, 2.45) is 11.8 Å². The number of benzene rings is 1. The zero-order valence-corrected chi connectivity index (χ0v) is 12.1. The number of hydrogen-bond donors (Lipinski definition) is 2. The molecule has 2 rings (SSSR count). The van der Waals surface area contributed by atoms with Crippen LogP contribution in [0.5, 0.6) is 0 Å². The Balaban J connectivity index is 1.83. The van der Waals surface area contributed by atoms with Crippen molar-refractivity contribution in [2.45, 2.75) is 32.6 Å². The molecule has 0 spiro atoms. The first-order valence-electron chi connectivity index (χ1n) is 7.24. The molecular formula is C16H20FNO3. The standard InChI is InChI=1S/C16H20FNO3/c1-10-6-13(8-14(17)7-10)15(19)18-9-11-2-4-12(5-3-11)16(20)21/h6-8,11-12H,2-5,9H2,1H3,(H,18,19)(H,20,21). The van der Waals surface area contributed by atoms with Crippen molar-refractivity contribution in [3.8, 4) is 0 Å². The maximum atomic E-state index is 13.3. The summed E-state index contributed by atoms with van der Waals surface area (Å²) in [6, 6.07) is 4.26. The minimum absolute atomic E-state index is 0.247. The lowest BCUT2D eigenvalue weighted by Gasteiger charge is -2.26. The number of amides is 1. The molecule has 5 heteroatoms. The van der Waals surface area contributed by atoms with Gasteiger partial charge in [0.25, 0.3) is 5.91 Å². The molecule has 0 unspecified atom stereocenters. The zero-order valence-electron chi connectivity index (χ0n) is 12.1. The van der Waals surface area contributed by atoms with Gasteiger partial charge in [-0.25, -0.2) is 4.39 Å². The molecule has 0 atom stereocenters. The predicted octanol–water partition coefficient (Wildman–Crippen LogP) is 2.75. The first kappa shape index (κ1) is 15.5. The highest BCUT2D eigenvalue weighted by Gasteiger charge is 2.26. The van der Waals surface area contributed by atoms with Crippen molar-refractivity contribution in [2.75, 3.05) is 6.54 Å². The molecule has 2 N–H and O–H groups in total. The molecule has 1 saturated carbocycles. The summed E-state index contributed by atoms with van der Waals surface area (Å²) in [5, 5.41) is 11.8. The number of aryl methyl sites for hydroxylation is 1. The predicted molar refractivity (Wildman–Crippen MR) is 76.6 cm³/mol. The number of carboxylic acid groups (broad SMARTS) is 1. The van der Waals surface area contributed by atoms with E-state index in [9.17, 15) is 14.0 Å². The molecule has 21 heavy (non-hydrogen) atoms. The summed E-state index contributed by atoms with van der Waals surface area (Å²) >= 11 is 0. The summed E-state index contributed by atoms with van der Waals surface area (Å²) in [5.41, 5.74) is 1.04. The Hall–Kier alpha value is -1.91. The van der Waals surface area contributed by atoms with Gasteiger partial charge in [0.15, 0.2) is 0 Å². The molecule has 1 fully saturated rings. The van der Waals surface area contributed by atoms with E-state index >= 15 is 0 Å². The van der Waals surface area contributed by atoms with E-state index < -0.39 is 11.8 Å². The molecule has 1 aliphatic rings. The number of carboxylic acids is 1. The number of rotatable bonds is 4. The molecule has 0 aromatic heterocycles. The van der Waals surface area contributed by atoms with E-state index in [1.54, 1.807) is 13.0 Å². The molecule has 0 saturated heterocycles. The largest absolute Gasteiger partial charge is 0.481 e. The van der Waals surface area contributed by atoms with Crippen molar-refractivity contribution >= 4 is 11.9 Å². The van der Waals surface area contributed by atoms with Gasteiger partial charge in [0, 0.05) is 12.1 Å². The van der Waals surface area contributed by atoms with Crippen molar-refractivity contribution in [3.05, 3.63) is 35.1 Å². The van der Waals surface area contributed by atoms with Crippen molar-refractivity contribution < 1.29 is 19.1 Å². The molecule has 0 radical (unpaired) electrons. The third-order valence-corrected chi connectivity index (χ3v) is 4.05. The van der Waals surface area contributed by atoms with E-state index in [4.69, 9.17) is 5.11 Å². The summed E-state index contributed by atoms with van der Waals surface area (Å²) in [6.45, 7) is 2.26. The molecule has 0 aliphatic heterocycles. The molecule has 1 aromatic carbocycles. The zero-order chi connectivity index (χ0) is 15.4. The molecular weight excluding hydrogens is 273 g/mol. The van der Waals surface area contributed by atoms with Gasteiger partial charge in [0.2, 0.25) is 0 Å². The van der Waals surface area contributed by atoms with E-state index in [2.05, 4.69) is 5.32 Å². The number of halogens is 1. The maximum Gasteiger partial charge on any atom is 0.306 e. The van der Waals surface area contributed by atoms with Crippen LogP contribution in [-0.4, -0.2) is 23.5 Å². The minimum atomic E-state index is -0.729. The third-order valence-electron chi connectivity index (χ3n) is 4.05. The van der Waals surface area contributed by atoms with Crippen LogP contribution in [0.3, 0.4) is 0 Å². The van der Waals surface area contributed by atoms with E-state index in [1.165, 1.54) is 12.1 Å². The highest BCUT2D eigenvalue weighted by Crippen LogP contribution is 2.28. The summed E-state index contributed by atoms with van der Waals surface area (Å²) in [5.74, 6) is -1.37. The molecule has 1 aliphatic carbocycles. The third kappa shape index (κ3) is 4.28. The maximum absolute atomic E-state index is 13.3. The SMILES string of the molecule is Cc1cc(F)cc(C(=O)NCC2CCC(C(=O)O)CC2)c1. The number of carbonyl (C=O) groups excluding carboxylic acids is 1. The Labute approximate surface area is 123 Å². The summed E-state index contributed by atoms with van der Waals surface area (Å²) < 4.78 is 13.3. The van der Waals surface area contributed by atoms with Crippen LogP contribution < -0.4 is 5.32 Å². The molecule has 114 valence electrons. The first-order chi connectivity index (χ1) is 9.95. The monoisotopic (exact) mass is 293 g/mol. The number of aliphatic carboxylic acids is 1. The van der Waals surface area contributed by atoms with Crippen LogP contribution in [0, 0.1) is 24.6 Å². The fourth-order valence-corrected chi connectivity index (χ4v) is 2.82. The van der Waals surface area contributed by atoms with E-state index in [0.29, 0.717) is 36.4 Å². The van der Waals surface area contributed by atoms with Crippen LogP contribution >= 0.6 is 0 Å². The van der Waals surface area contributed by atoms with Gasteiger partial charge in [-0.1, -0.05) is 0 Å². The molecule has 4 nitrogen and oxygen atoms in total. The fraction of sp³-hybridized carbons (Fsp3) is 0.500. The fourth-order valence-electron chi connectivity index (χ4n) is 2.82. The lowest BCUT2D eigenvalue weighted by atomic mass is 9.82. The topological polar surface area (TPSA) is 66.4 Å². The van der Waals surface area contributed by atoms with Crippen LogP contribution in [0.15, 0.2) is 18.2 Å². The van der Waals surface area contributed by atoms with Gasteiger partial charge >= 0.3 is 5.97 Å². The second-order valence-corrected chi connectivity index (χ2v) is 5.78. The van der Waals surface area contributed by atoms with E-state index in [-0.39, 0.29) is 11.8 Å². The second-order valence-electron chi connectivity index (χ2n) is 5.78. The summed E-state index contributed by atoms with van der Waals surface area (Å²) in [4.78, 5) is 22.9. The average molecular weight is 293 g/mol. The quantitative estimate of drug-likeness (QED) is 0.897.